The molecular formula is C15H24N2O3. The van der Waals surface area contributed by atoms with Crippen molar-refractivity contribution in [2.45, 2.75) is 64.8 Å². The molecule has 20 heavy (non-hydrogen) atoms. The first kappa shape index (κ1) is 16.5. The molecule has 1 N–H and O–H groups in total. The van der Waals surface area contributed by atoms with Crippen LogP contribution in [0.25, 0.3) is 0 Å². The van der Waals surface area contributed by atoms with Crippen LogP contribution in [-0.4, -0.2) is 34.5 Å². The Morgan fingerprint density at radius 3 is 2.35 bits per heavy atom. The summed E-state index contributed by atoms with van der Waals surface area (Å²) < 4.78 is 0. The van der Waals surface area contributed by atoms with Gasteiger partial charge in [-0.25, -0.2) is 0 Å². The molecule has 0 aliphatic heterocycles. The number of nitrogens with zero attached hydrogens (tertiary/aromatic N) is 2. The van der Waals surface area contributed by atoms with Gasteiger partial charge in [0.15, 0.2) is 0 Å². The molecule has 0 aromatic heterocycles. The highest BCUT2D eigenvalue weighted by Crippen LogP contribution is 2.44. The minimum atomic E-state index is -0.826. The second-order valence-electron chi connectivity index (χ2n) is 6.04. The monoisotopic (exact) mass is 280 g/mol. The Balaban J connectivity index is 2.73. The van der Waals surface area contributed by atoms with E-state index in [2.05, 4.69) is 6.07 Å². The van der Waals surface area contributed by atoms with E-state index in [0.29, 0.717) is 19.4 Å². The number of amides is 1. The van der Waals surface area contributed by atoms with Gasteiger partial charge in [0.2, 0.25) is 5.91 Å². The van der Waals surface area contributed by atoms with Crippen molar-refractivity contribution in [2.75, 3.05) is 6.54 Å². The molecule has 5 nitrogen and oxygen atoms in total. The van der Waals surface area contributed by atoms with Crippen molar-refractivity contribution >= 4 is 11.9 Å². The Bertz CT molecular complexity index is 392. The second kappa shape index (κ2) is 7.28. The summed E-state index contributed by atoms with van der Waals surface area (Å²) in [6.07, 6.45) is 4.31. The number of nitriles is 1. The molecular weight excluding hydrogens is 256 g/mol. The predicted octanol–water partition coefficient (Wildman–Crippen LogP) is 2.56. The van der Waals surface area contributed by atoms with E-state index in [0.717, 1.165) is 25.7 Å². The molecule has 0 radical (unpaired) electrons. The molecule has 0 unspecified atom stereocenters. The van der Waals surface area contributed by atoms with Crippen molar-refractivity contribution < 1.29 is 14.7 Å². The average molecular weight is 280 g/mol. The fourth-order valence-electron chi connectivity index (χ4n) is 3.13. The van der Waals surface area contributed by atoms with Gasteiger partial charge in [0, 0.05) is 19.0 Å². The van der Waals surface area contributed by atoms with Crippen molar-refractivity contribution in [3.8, 4) is 6.07 Å². The summed E-state index contributed by atoms with van der Waals surface area (Å²) in [6, 6.07) is 2.10. The maximum Gasteiger partial charge on any atom is 0.303 e. The quantitative estimate of drug-likeness (QED) is 0.777. The first-order valence-electron chi connectivity index (χ1n) is 7.28. The van der Waals surface area contributed by atoms with E-state index in [1.165, 1.54) is 0 Å². The molecule has 0 aromatic carbocycles. The van der Waals surface area contributed by atoms with E-state index in [4.69, 9.17) is 10.4 Å². The molecule has 1 aliphatic carbocycles. The largest absolute Gasteiger partial charge is 0.481 e. The molecule has 0 bridgehead atoms. The highest BCUT2D eigenvalue weighted by atomic mass is 16.4. The molecule has 0 saturated heterocycles. The lowest BCUT2D eigenvalue weighted by Crippen LogP contribution is -2.40. The van der Waals surface area contributed by atoms with Crippen LogP contribution in [0.1, 0.15) is 58.8 Å². The predicted molar refractivity (Wildman–Crippen MR) is 74.8 cm³/mol. The lowest BCUT2D eigenvalue weighted by atomic mass is 9.79. The fourth-order valence-corrected chi connectivity index (χ4v) is 3.13. The SMILES string of the molecule is CC(C)N(CCC#N)C(=O)CC1(CC(=O)O)CCCC1. The molecule has 0 heterocycles. The van der Waals surface area contributed by atoms with Crippen LogP contribution in [-0.2, 0) is 9.59 Å². The van der Waals surface area contributed by atoms with Gasteiger partial charge >= 0.3 is 5.97 Å². The zero-order valence-electron chi connectivity index (χ0n) is 12.4. The standard InChI is InChI=1S/C15H24N2O3/c1-12(2)17(9-5-8-16)13(18)10-15(11-14(19)20)6-3-4-7-15/h12H,3-7,9-11H2,1-2H3,(H,19,20). The van der Waals surface area contributed by atoms with Crippen LogP contribution < -0.4 is 0 Å². The minimum absolute atomic E-state index is 0.0154. The number of hydrogen-bond acceptors (Lipinski definition) is 3. The van der Waals surface area contributed by atoms with Gasteiger partial charge in [-0.05, 0) is 32.1 Å². The van der Waals surface area contributed by atoms with Gasteiger partial charge in [0.1, 0.15) is 0 Å². The molecule has 1 amide bonds. The van der Waals surface area contributed by atoms with Crippen LogP contribution in [0.2, 0.25) is 0 Å². The Kier molecular flexibility index (Phi) is 6.00. The third kappa shape index (κ3) is 4.52. The maximum absolute atomic E-state index is 12.5. The molecule has 1 rings (SSSR count). The van der Waals surface area contributed by atoms with E-state index in [-0.39, 0.29) is 23.8 Å². The first-order valence-corrected chi connectivity index (χ1v) is 7.28. The van der Waals surface area contributed by atoms with E-state index >= 15 is 0 Å². The van der Waals surface area contributed by atoms with Crippen molar-refractivity contribution in [1.29, 1.82) is 5.26 Å². The number of carbonyl (C=O) groups excluding carboxylic acids is 1. The van der Waals surface area contributed by atoms with Crippen LogP contribution in [0.5, 0.6) is 0 Å². The Morgan fingerprint density at radius 1 is 1.30 bits per heavy atom. The molecule has 5 heteroatoms. The average Bonchev–Trinajstić information content (AvgIpc) is 2.76. The normalized spacial score (nSPS) is 16.9. The molecule has 0 spiro atoms. The van der Waals surface area contributed by atoms with Gasteiger partial charge in [-0.3, -0.25) is 9.59 Å². The van der Waals surface area contributed by atoms with Crippen LogP contribution in [0.3, 0.4) is 0 Å². The molecule has 1 fully saturated rings. The molecule has 0 aromatic rings. The second-order valence-corrected chi connectivity index (χ2v) is 6.04. The minimum Gasteiger partial charge on any atom is -0.481 e. The van der Waals surface area contributed by atoms with Gasteiger partial charge in [0.25, 0.3) is 0 Å². The summed E-state index contributed by atoms with van der Waals surface area (Å²) in [5.41, 5.74) is -0.372. The number of carboxylic acids is 1. The van der Waals surface area contributed by atoms with Gasteiger partial charge < -0.3 is 10.0 Å². The highest BCUT2D eigenvalue weighted by molar-refractivity contribution is 5.78. The van der Waals surface area contributed by atoms with Crippen LogP contribution in [0, 0.1) is 16.7 Å². The Labute approximate surface area is 120 Å². The molecule has 0 atom stereocenters. The summed E-state index contributed by atoms with van der Waals surface area (Å²) in [6.45, 7) is 4.28. The van der Waals surface area contributed by atoms with Gasteiger partial charge in [0.05, 0.1) is 18.9 Å². The summed E-state index contributed by atoms with van der Waals surface area (Å²) >= 11 is 0. The smallest absolute Gasteiger partial charge is 0.303 e. The zero-order valence-corrected chi connectivity index (χ0v) is 12.4. The lowest BCUT2D eigenvalue weighted by molar-refractivity contribution is -0.141. The van der Waals surface area contributed by atoms with Crippen molar-refractivity contribution in [2.24, 2.45) is 5.41 Å². The van der Waals surface area contributed by atoms with Crippen LogP contribution >= 0.6 is 0 Å². The molecule has 1 saturated carbocycles. The third-order valence-electron chi connectivity index (χ3n) is 4.12. The van der Waals surface area contributed by atoms with Gasteiger partial charge in [-0.2, -0.15) is 5.26 Å². The van der Waals surface area contributed by atoms with E-state index in [1.807, 2.05) is 13.8 Å². The Morgan fingerprint density at radius 2 is 1.90 bits per heavy atom. The summed E-state index contributed by atoms with van der Waals surface area (Å²) in [5.74, 6) is -0.841. The molecule has 1 aliphatic rings. The van der Waals surface area contributed by atoms with Crippen molar-refractivity contribution in [1.82, 2.24) is 4.90 Å². The summed E-state index contributed by atoms with van der Waals surface area (Å²) in [5, 5.41) is 17.7. The van der Waals surface area contributed by atoms with E-state index in [9.17, 15) is 9.59 Å². The summed E-state index contributed by atoms with van der Waals surface area (Å²) in [4.78, 5) is 25.2. The maximum atomic E-state index is 12.5. The zero-order chi connectivity index (χ0) is 15.2. The summed E-state index contributed by atoms with van der Waals surface area (Å²) in [7, 11) is 0. The topological polar surface area (TPSA) is 81.4 Å². The number of carboxylic acid groups (broad SMARTS) is 1. The third-order valence-corrected chi connectivity index (χ3v) is 4.12. The van der Waals surface area contributed by atoms with Gasteiger partial charge in [-0.15, -0.1) is 0 Å². The Hall–Kier alpha value is -1.57. The number of aliphatic carboxylic acids is 1. The van der Waals surface area contributed by atoms with Gasteiger partial charge in [-0.1, -0.05) is 12.8 Å². The lowest BCUT2D eigenvalue weighted by Gasteiger charge is -2.32. The van der Waals surface area contributed by atoms with Crippen LogP contribution in [0.4, 0.5) is 0 Å². The van der Waals surface area contributed by atoms with Crippen LogP contribution in [0.15, 0.2) is 0 Å². The van der Waals surface area contributed by atoms with Crippen molar-refractivity contribution in [3.63, 3.8) is 0 Å². The molecule has 112 valence electrons. The van der Waals surface area contributed by atoms with E-state index < -0.39 is 5.97 Å². The van der Waals surface area contributed by atoms with E-state index in [1.54, 1.807) is 4.90 Å². The fraction of sp³-hybridized carbons (Fsp3) is 0.800. The highest BCUT2D eigenvalue weighted by Gasteiger charge is 2.39. The number of carbonyl (C=O) groups is 2. The van der Waals surface area contributed by atoms with Crippen molar-refractivity contribution in [3.05, 3.63) is 0 Å². The number of hydrogen-bond donors (Lipinski definition) is 1. The number of rotatable bonds is 7. The first-order chi connectivity index (χ1) is 9.40.